The predicted molar refractivity (Wildman–Crippen MR) is 96.8 cm³/mol. The van der Waals surface area contributed by atoms with Crippen molar-refractivity contribution in [3.05, 3.63) is 56.6 Å². The molecular formula is C17H12N2O6S. The number of carboxylic acids is 1. The van der Waals surface area contributed by atoms with Gasteiger partial charge in [0.1, 0.15) is 5.01 Å². The van der Waals surface area contributed by atoms with Gasteiger partial charge in [-0.05, 0) is 35.9 Å². The number of ether oxygens (including phenoxy) is 1. The number of carboxylic acid groups (broad SMARTS) is 1. The van der Waals surface area contributed by atoms with Crippen molar-refractivity contribution in [1.29, 1.82) is 0 Å². The van der Waals surface area contributed by atoms with E-state index in [1.54, 1.807) is 24.3 Å². The summed E-state index contributed by atoms with van der Waals surface area (Å²) >= 11 is 1.30. The molecule has 0 unspecified atom stereocenters. The van der Waals surface area contributed by atoms with Crippen LogP contribution in [-0.2, 0) is 0 Å². The van der Waals surface area contributed by atoms with Gasteiger partial charge in [-0.2, -0.15) is 0 Å². The Morgan fingerprint density at radius 1 is 1.31 bits per heavy atom. The molecule has 0 aliphatic heterocycles. The largest absolute Gasteiger partial charge is 0.500 e. The zero-order chi connectivity index (χ0) is 18.8. The van der Waals surface area contributed by atoms with Gasteiger partial charge in [-0.25, -0.2) is 9.78 Å². The number of thiazole rings is 1. The van der Waals surface area contributed by atoms with E-state index in [-0.39, 0.29) is 11.3 Å². The van der Waals surface area contributed by atoms with E-state index in [0.717, 1.165) is 4.70 Å². The highest BCUT2D eigenvalue weighted by Gasteiger charge is 2.19. The van der Waals surface area contributed by atoms with Crippen LogP contribution in [0.3, 0.4) is 0 Å². The van der Waals surface area contributed by atoms with Crippen LogP contribution in [0.5, 0.6) is 11.5 Å². The number of rotatable bonds is 5. The monoisotopic (exact) mass is 372 g/mol. The van der Waals surface area contributed by atoms with E-state index < -0.39 is 22.3 Å². The van der Waals surface area contributed by atoms with Crippen molar-refractivity contribution in [2.75, 3.05) is 7.11 Å². The van der Waals surface area contributed by atoms with Crippen molar-refractivity contribution in [3.63, 3.8) is 0 Å². The molecule has 3 aromatic rings. The summed E-state index contributed by atoms with van der Waals surface area (Å²) in [6.07, 6.45) is 3.26. The SMILES string of the molecule is COc1cc(/C=C/c2nc3ccc(C(=O)O)cc3s2)cc([N+](=O)[O-])c1O. The normalized spacial score (nSPS) is 11.1. The molecule has 2 N–H and O–H groups in total. The average Bonchev–Trinajstić information content (AvgIpc) is 3.02. The van der Waals surface area contributed by atoms with Crippen LogP contribution in [0.1, 0.15) is 20.9 Å². The molecule has 0 atom stereocenters. The second kappa shape index (κ2) is 6.81. The third-order valence-electron chi connectivity index (χ3n) is 3.56. The number of aromatic nitrogens is 1. The molecule has 8 nitrogen and oxygen atoms in total. The molecule has 0 aliphatic rings. The highest BCUT2D eigenvalue weighted by Crippen LogP contribution is 2.37. The van der Waals surface area contributed by atoms with Gasteiger partial charge in [-0.3, -0.25) is 10.1 Å². The maximum Gasteiger partial charge on any atom is 0.335 e. The summed E-state index contributed by atoms with van der Waals surface area (Å²) < 4.78 is 5.68. The molecule has 1 heterocycles. The van der Waals surface area contributed by atoms with Gasteiger partial charge in [0, 0.05) is 6.07 Å². The van der Waals surface area contributed by atoms with Crippen LogP contribution in [0.2, 0.25) is 0 Å². The Labute approximate surface area is 150 Å². The van der Waals surface area contributed by atoms with Gasteiger partial charge in [0.15, 0.2) is 5.75 Å². The number of methoxy groups -OCH3 is 1. The number of hydrogen-bond donors (Lipinski definition) is 2. The molecule has 3 rings (SSSR count). The summed E-state index contributed by atoms with van der Waals surface area (Å²) in [4.78, 5) is 25.7. The van der Waals surface area contributed by atoms with Crippen LogP contribution in [0, 0.1) is 10.1 Å². The van der Waals surface area contributed by atoms with Crippen LogP contribution in [0.15, 0.2) is 30.3 Å². The van der Waals surface area contributed by atoms with Gasteiger partial charge < -0.3 is 14.9 Å². The molecule has 1 aromatic heterocycles. The van der Waals surface area contributed by atoms with Gasteiger partial charge in [0.25, 0.3) is 0 Å². The predicted octanol–water partition coefficient (Wildman–Crippen LogP) is 3.79. The number of phenols is 1. The summed E-state index contributed by atoms with van der Waals surface area (Å²) in [5.41, 5.74) is 0.834. The van der Waals surface area contributed by atoms with Crippen molar-refractivity contribution in [2.45, 2.75) is 0 Å². The van der Waals surface area contributed by atoms with E-state index in [1.807, 2.05) is 0 Å². The number of aromatic carboxylic acids is 1. The van der Waals surface area contributed by atoms with E-state index in [0.29, 0.717) is 16.1 Å². The molecule has 9 heteroatoms. The first-order chi connectivity index (χ1) is 12.4. The second-order valence-corrected chi connectivity index (χ2v) is 6.28. The first kappa shape index (κ1) is 17.4. The lowest BCUT2D eigenvalue weighted by atomic mass is 10.1. The van der Waals surface area contributed by atoms with Crippen molar-refractivity contribution in [2.24, 2.45) is 0 Å². The molecule has 0 bridgehead atoms. The minimum atomic E-state index is -1.01. The zero-order valence-electron chi connectivity index (χ0n) is 13.4. The number of nitro benzene ring substituents is 1. The molecule has 0 radical (unpaired) electrons. The highest BCUT2D eigenvalue weighted by molar-refractivity contribution is 7.19. The molecule has 0 fully saturated rings. The molecule has 2 aromatic carbocycles. The molecule has 132 valence electrons. The zero-order valence-corrected chi connectivity index (χ0v) is 14.2. The first-order valence-electron chi connectivity index (χ1n) is 7.26. The number of carbonyl (C=O) groups is 1. The van der Waals surface area contributed by atoms with Gasteiger partial charge in [0.2, 0.25) is 5.75 Å². The summed E-state index contributed by atoms with van der Waals surface area (Å²) in [6, 6.07) is 7.34. The molecule has 0 amide bonds. The fraction of sp³-hybridized carbons (Fsp3) is 0.0588. The summed E-state index contributed by atoms with van der Waals surface area (Å²) in [7, 11) is 1.31. The fourth-order valence-corrected chi connectivity index (χ4v) is 3.23. The smallest absolute Gasteiger partial charge is 0.335 e. The second-order valence-electron chi connectivity index (χ2n) is 5.22. The third-order valence-corrected chi connectivity index (χ3v) is 4.55. The number of fused-ring (bicyclic) bond motifs is 1. The van der Waals surface area contributed by atoms with Crippen LogP contribution in [-0.4, -0.2) is 33.2 Å². The maximum absolute atomic E-state index is 11.0. The molecule has 0 saturated heterocycles. The fourth-order valence-electron chi connectivity index (χ4n) is 2.32. The van der Waals surface area contributed by atoms with Crippen LogP contribution in [0.25, 0.3) is 22.4 Å². The molecular weight excluding hydrogens is 360 g/mol. The Bertz CT molecular complexity index is 1060. The highest BCUT2D eigenvalue weighted by atomic mass is 32.1. The minimum Gasteiger partial charge on any atom is -0.500 e. The minimum absolute atomic E-state index is 0.00532. The van der Waals surface area contributed by atoms with Crippen molar-refractivity contribution in [3.8, 4) is 11.5 Å². The number of benzene rings is 2. The third kappa shape index (κ3) is 3.33. The van der Waals surface area contributed by atoms with Gasteiger partial charge in [-0.15, -0.1) is 11.3 Å². The quantitative estimate of drug-likeness (QED) is 0.516. The standard InChI is InChI=1S/C17H12N2O6S/c1-25-13-7-9(6-12(16(13)20)19(23)24)2-5-15-18-11-4-3-10(17(21)22)8-14(11)26-15/h2-8,20H,1H3,(H,21,22)/b5-2+. The van der Waals surface area contributed by atoms with E-state index in [9.17, 15) is 20.0 Å². The van der Waals surface area contributed by atoms with Gasteiger partial charge in [0.05, 0.1) is 27.8 Å². The van der Waals surface area contributed by atoms with Crippen LogP contribution in [0.4, 0.5) is 5.69 Å². The van der Waals surface area contributed by atoms with Crippen molar-refractivity contribution in [1.82, 2.24) is 4.98 Å². The Morgan fingerprint density at radius 2 is 2.08 bits per heavy atom. The molecule has 0 saturated carbocycles. The Hall–Kier alpha value is -3.46. The summed E-state index contributed by atoms with van der Waals surface area (Å²) in [6.45, 7) is 0. The van der Waals surface area contributed by atoms with Crippen molar-refractivity contribution >= 4 is 45.4 Å². The number of hydrogen-bond acceptors (Lipinski definition) is 7. The topological polar surface area (TPSA) is 123 Å². The van der Waals surface area contributed by atoms with Crippen LogP contribution < -0.4 is 4.74 Å². The summed E-state index contributed by atoms with van der Waals surface area (Å²) in [5.74, 6) is -1.55. The maximum atomic E-state index is 11.0. The lowest BCUT2D eigenvalue weighted by molar-refractivity contribution is -0.386. The number of nitrogens with zero attached hydrogens (tertiary/aromatic N) is 2. The Morgan fingerprint density at radius 3 is 2.73 bits per heavy atom. The van der Waals surface area contributed by atoms with Gasteiger partial charge in [-0.1, -0.05) is 6.08 Å². The van der Waals surface area contributed by atoms with Crippen molar-refractivity contribution < 1.29 is 24.7 Å². The number of nitro groups is 1. The Balaban J connectivity index is 1.97. The number of phenolic OH excluding ortho intramolecular Hbond substituents is 1. The Kier molecular flexibility index (Phi) is 4.55. The molecule has 0 spiro atoms. The molecule has 0 aliphatic carbocycles. The summed E-state index contributed by atoms with van der Waals surface area (Å²) in [5, 5.41) is 30.5. The van der Waals surface area contributed by atoms with E-state index in [1.165, 1.54) is 36.6 Å². The van der Waals surface area contributed by atoms with E-state index in [2.05, 4.69) is 4.98 Å². The molecule has 26 heavy (non-hydrogen) atoms. The lowest BCUT2D eigenvalue weighted by Gasteiger charge is -2.05. The average molecular weight is 372 g/mol. The lowest BCUT2D eigenvalue weighted by Crippen LogP contribution is -1.94. The van der Waals surface area contributed by atoms with E-state index >= 15 is 0 Å². The van der Waals surface area contributed by atoms with E-state index in [4.69, 9.17) is 9.84 Å². The van der Waals surface area contributed by atoms with Gasteiger partial charge >= 0.3 is 11.7 Å². The number of aromatic hydroxyl groups is 1. The van der Waals surface area contributed by atoms with Crippen LogP contribution >= 0.6 is 11.3 Å². The first-order valence-corrected chi connectivity index (χ1v) is 8.08.